The second-order valence-electron chi connectivity index (χ2n) is 8.38. The molecule has 1 aromatic carbocycles. The number of carbonyl (C=O) groups is 1. The molecule has 0 bridgehead atoms. The summed E-state index contributed by atoms with van der Waals surface area (Å²) in [5.74, 6) is 1.12. The summed E-state index contributed by atoms with van der Waals surface area (Å²) in [6.07, 6.45) is 4.07. The van der Waals surface area contributed by atoms with E-state index in [1.165, 1.54) is 5.56 Å². The van der Waals surface area contributed by atoms with Crippen molar-refractivity contribution in [3.05, 3.63) is 70.7 Å². The largest absolute Gasteiger partial charge is 0.328 e. The Morgan fingerprint density at radius 3 is 2.37 bits per heavy atom. The number of amides is 1. The summed E-state index contributed by atoms with van der Waals surface area (Å²) in [6.45, 7) is 11.7. The topological polar surface area (TPSA) is 43.1 Å². The van der Waals surface area contributed by atoms with E-state index in [0.717, 1.165) is 28.2 Å². The number of nitrogens with zero attached hydrogens (tertiary/aromatic N) is 4. The fourth-order valence-electron chi connectivity index (χ4n) is 3.61. The first-order valence-corrected chi connectivity index (χ1v) is 9.37. The van der Waals surface area contributed by atoms with Crippen molar-refractivity contribution in [3.8, 4) is 5.82 Å². The lowest BCUT2D eigenvalue weighted by Crippen LogP contribution is -2.29. The van der Waals surface area contributed by atoms with Gasteiger partial charge in [0.2, 0.25) is 0 Å². The van der Waals surface area contributed by atoms with Gasteiger partial charge >= 0.3 is 0 Å². The summed E-state index contributed by atoms with van der Waals surface area (Å²) in [5.41, 5.74) is 5.09. The van der Waals surface area contributed by atoms with Crippen molar-refractivity contribution in [1.82, 2.24) is 19.2 Å². The fourth-order valence-corrected chi connectivity index (χ4v) is 3.61. The molecular weight excluding hydrogens is 336 g/mol. The van der Waals surface area contributed by atoms with Crippen LogP contribution in [0.3, 0.4) is 0 Å². The summed E-state index contributed by atoms with van der Waals surface area (Å²) in [6, 6.07) is 9.95. The van der Waals surface area contributed by atoms with Crippen molar-refractivity contribution >= 4 is 5.91 Å². The zero-order valence-electron chi connectivity index (χ0n) is 16.7. The van der Waals surface area contributed by atoms with Crippen LogP contribution in [-0.2, 0) is 18.6 Å². The van der Waals surface area contributed by atoms with Gasteiger partial charge in [-0.3, -0.25) is 4.79 Å². The van der Waals surface area contributed by atoms with Gasteiger partial charge in [0.25, 0.3) is 5.91 Å². The molecule has 5 nitrogen and oxygen atoms in total. The van der Waals surface area contributed by atoms with Crippen LogP contribution in [0.1, 0.15) is 53.5 Å². The van der Waals surface area contributed by atoms with Gasteiger partial charge in [-0.15, -0.1) is 0 Å². The van der Waals surface area contributed by atoms with Gasteiger partial charge in [-0.2, -0.15) is 5.10 Å². The van der Waals surface area contributed by atoms with E-state index in [9.17, 15) is 4.79 Å². The highest BCUT2D eigenvalue weighted by Crippen LogP contribution is 2.32. The molecule has 0 unspecified atom stereocenters. The van der Waals surface area contributed by atoms with Crippen LogP contribution in [0.5, 0.6) is 0 Å². The quantitative estimate of drug-likeness (QED) is 0.686. The molecule has 27 heavy (non-hydrogen) atoms. The third kappa shape index (κ3) is 2.97. The van der Waals surface area contributed by atoms with E-state index in [4.69, 9.17) is 5.10 Å². The normalized spacial score (nSPS) is 13.9. The molecule has 0 fully saturated rings. The summed E-state index contributed by atoms with van der Waals surface area (Å²) in [7, 11) is 0. The van der Waals surface area contributed by atoms with Crippen molar-refractivity contribution in [1.29, 1.82) is 0 Å². The Morgan fingerprint density at radius 1 is 1.04 bits per heavy atom. The van der Waals surface area contributed by atoms with Crippen LogP contribution in [-0.4, -0.2) is 25.2 Å². The molecule has 0 N–H and O–H groups in total. The molecule has 5 heteroatoms. The Kier molecular flexibility index (Phi) is 3.98. The van der Waals surface area contributed by atoms with Crippen molar-refractivity contribution < 1.29 is 4.79 Å². The number of hydrogen-bond donors (Lipinski definition) is 0. The highest BCUT2D eigenvalue weighted by molar-refractivity contribution is 5.94. The number of aromatic nitrogens is 3. The molecule has 4 rings (SSSR count). The van der Waals surface area contributed by atoms with Gasteiger partial charge in [-0.1, -0.05) is 6.07 Å². The van der Waals surface area contributed by atoms with Crippen LogP contribution >= 0.6 is 0 Å². The maximum Gasteiger partial charge on any atom is 0.254 e. The van der Waals surface area contributed by atoms with Gasteiger partial charge in [-0.05, 0) is 70.0 Å². The third-order valence-electron chi connectivity index (χ3n) is 5.25. The van der Waals surface area contributed by atoms with Crippen LogP contribution in [0, 0.1) is 13.8 Å². The zero-order valence-corrected chi connectivity index (χ0v) is 16.7. The van der Waals surface area contributed by atoms with E-state index in [1.54, 1.807) is 0 Å². The van der Waals surface area contributed by atoms with Gasteiger partial charge in [0.15, 0.2) is 0 Å². The molecule has 0 spiro atoms. The average molecular weight is 362 g/mol. The summed E-state index contributed by atoms with van der Waals surface area (Å²) < 4.78 is 4.18. The highest BCUT2D eigenvalue weighted by Gasteiger charge is 2.33. The first-order chi connectivity index (χ1) is 12.8. The number of hydrogen-bond acceptors (Lipinski definition) is 2. The number of aryl methyl sites for hydroxylation is 2. The number of rotatable bonds is 2. The van der Waals surface area contributed by atoms with Gasteiger partial charge in [-0.25, -0.2) is 4.68 Å². The monoisotopic (exact) mass is 362 g/mol. The molecule has 1 aliphatic rings. The highest BCUT2D eigenvalue weighted by atomic mass is 16.2. The lowest BCUT2D eigenvalue weighted by molar-refractivity contribution is 0.0748. The van der Waals surface area contributed by atoms with E-state index in [1.807, 2.05) is 54.5 Å². The standard InChI is InChI=1S/C22H26N4O/c1-15-8-9-17(12-16(15)2)21(27)25-13-18-19(14-25)23-26(22(3,4)5)20(18)24-10-6-7-11-24/h6-12H,13-14H2,1-5H3. The summed E-state index contributed by atoms with van der Waals surface area (Å²) in [5, 5.41) is 4.88. The predicted molar refractivity (Wildman–Crippen MR) is 106 cm³/mol. The van der Waals surface area contributed by atoms with Gasteiger partial charge < -0.3 is 9.47 Å². The van der Waals surface area contributed by atoms with E-state index >= 15 is 0 Å². The maximum absolute atomic E-state index is 13.0. The molecule has 0 saturated carbocycles. The van der Waals surface area contributed by atoms with E-state index in [0.29, 0.717) is 13.1 Å². The van der Waals surface area contributed by atoms with Crippen molar-refractivity contribution in [2.45, 2.75) is 53.2 Å². The van der Waals surface area contributed by atoms with Crippen molar-refractivity contribution in [2.75, 3.05) is 0 Å². The Bertz CT molecular complexity index is 1010. The first-order valence-electron chi connectivity index (χ1n) is 9.37. The third-order valence-corrected chi connectivity index (χ3v) is 5.25. The molecule has 0 saturated heterocycles. The predicted octanol–water partition coefficient (Wildman–Crippen LogP) is 4.20. The van der Waals surface area contributed by atoms with Crippen LogP contribution in [0.15, 0.2) is 42.7 Å². The lowest BCUT2D eigenvalue weighted by Gasteiger charge is -2.24. The van der Waals surface area contributed by atoms with Crippen LogP contribution in [0.2, 0.25) is 0 Å². The minimum Gasteiger partial charge on any atom is -0.328 e. The minimum atomic E-state index is -0.132. The SMILES string of the molecule is Cc1ccc(C(=O)N2Cc3nn(C(C)(C)C)c(-n4cccc4)c3C2)cc1C. The van der Waals surface area contributed by atoms with E-state index in [-0.39, 0.29) is 11.4 Å². The Balaban J connectivity index is 1.70. The first kappa shape index (κ1) is 17.6. The van der Waals surface area contributed by atoms with E-state index < -0.39 is 0 Å². The number of benzene rings is 1. The zero-order chi connectivity index (χ0) is 19.3. The summed E-state index contributed by atoms with van der Waals surface area (Å²) in [4.78, 5) is 14.9. The van der Waals surface area contributed by atoms with E-state index in [2.05, 4.69) is 36.9 Å². The minimum absolute atomic E-state index is 0.0665. The smallest absolute Gasteiger partial charge is 0.254 e. The molecule has 0 aliphatic carbocycles. The van der Waals surface area contributed by atoms with Crippen LogP contribution < -0.4 is 0 Å². The van der Waals surface area contributed by atoms with Gasteiger partial charge in [0.05, 0.1) is 24.3 Å². The molecule has 1 aliphatic heterocycles. The molecule has 3 aromatic rings. The Hall–Kier alpha value is -2.82. The molecule has 140 valence electrons. The molecule has 2 aromatic heterocycles. The Labute approximate surface area is 160 Å². The molecule has 3 heterocycles. The number of carbonyl (C=O) groups excluding carboxylic acids is 1. The number of fused-ring (bicyclic) bond motifs is 1. The second kappa shape index (κ2) is 6.12. The Morgan fingerprint density at radius 2 is 1.74 bits per heavy atom. The fraction of sp³-hybridized carbons (Fsp3) is 0.364. The second-order valence-corrected chi connectivity index (χ2v) is 8.38. The van der Waals surface area contributed by atoms with Crippen LogP contribution in [0.4, 0.5) is 0 Å². The molecule has 0 radical (unpaired) electrons. The maximum atomic E-state index is 13.0. The lowest BCUT2D eigenvalue weighted by atomic mass is 10.1. The van der Waals surface area contributed by atoms with Crippen LogP contribution in [0.25, 0.3) is 5.82 Å². The van der Waals surface area contributed by atoms with Crippen molar-refractivity contribution in [2.24, 2.45) is 0 Å². The van der Waals surface area contributed by atoms with Gasteiger partial charge in [0, 0.05) is 23.5 Å². The molecule has 0 atom stereocenters. The average Bonchev–Trinajstić information content (AvgIpc) is 3.30. The summed E-state index contributed by atoms with van der Waals surface area (Å²) >= 11 is 0. The van der Waals surface area contributed by atoms with Crippen molar-refractivity contribution in [3.63, 3.8) is 0 Å². The molecule has 1 amide bonds. The molecular formula is C22H26N4O. The van der Waals surface area contributed by atoms with Gasteiger partial charge in [0.1, 0.15) is 5.82 Å².